The molecule has 2 N–H and O–H groups in total. The highest BCUT2D eigenvalue weighted by Gasteiger charge is 2.16. The van der Waals surface area contributed by atoms with Gasteiger partial charge in [0, 0.05) is 10.6 Å². The van der Waals surface area contributed by atoms with Gasteiger partial charge in [0.25, 0.3) is 0 Å². The SMILES string of the molecule is O=C1CSc2ccc(NC(=O)Oc3ccccc3)cc2N1. The van der Waals surface area contributed by atoms with E-state index in [0.29, 0.717) is 22.9 Å². The Morgan fingerprint density at radius 1 is 1.19 bits per heavy atom. The largest absolute Gasteiger partial charge is 0.417 e. The average molecular weight is 300 g/mol. The molecule has 0 radical (unpaired) electrons. The van der Waals surface area contributed by atoms with Crippen molar-refractivity contribution in [2.24, 2.45) is 0 Å². The number of hydrogen-bond acceptors (Lipinski definition) is 4. The monoisotopic (exact) mass is 300 g/mol. The number of anilines is 2. The van der Waals surface area contributed by atoms with Gasteiger partial charge in [-0.15, -0.1) is 11.8 Å². The first-order valence-corrected chi connectivity index (χ1v) is 7.30. The number of rotatable bonds is 2. The number of fused-ring (bicyclic) bond motifs is 1. The fourth-order valence-corrected chi connectivity index (χ4v) is 2.69. The van der Waals surface area contributed by atoms with Gasteiger partial charge in [-0.2, -0.15) is 0 Å². The normalized spacial score (nSPS) is 13.0. The van der Waals surface area contributed by atoms with Crippen molar-refractivity contribution >= 4 is 35.1 Å². The molecule has 0 saturated carbocycles. The fraction of sp³-hybridized carbons (Fsp3) is 0.0667. The summed E-state index contributed by atoms with van der Waals surface area (Å²) < 4.78 is 5.14. The Hall–Kier alpha value is -2.47. The molecule has 3 rings (SSSR count). The van der Waals surface area contributed by atoms with E-state index >= 15 is 0 Å². The summed E-state index contributed by atoms with van der Waals surface area (Å²) in [6.07, 6.45) is -0.573. The molecule has 0 aliphatic carbocycles. The van der Waals surface area contributed by atoms with Crippen molar-refractivity contribution in [1.82, 2.24) is 0 Å². The van der Waals surface area contributed by atoms with Crippen LogP contribution in [0.5, 0.6) is 5.75 Å². The van der Waals surface area contributed by atoms with Gasteiger partial charge in [-0.1, -0.05) is 18.2 Å². The molecule has 1 aliphatic rings. The molecule has 0 spiro atoms. The van der Waals surface area contributed by atoms with E-state index in [0.717, 1.165) is 4.90 Å². The van der Waals surface area contributed by atoms with Crippen molar-refractivity contribution in [1.29, 1.82) is 0 Å². The third kappa shape index (κ3) is 3.35. The molecule has 2 amide bonds. The molecule has 0 aromatic heterocycles. The van der Waals surface area contributed by atoms with Crippen LogP contribution in [0.3, 0.4) is 0 Å². The Bertz CT molecular complexity index is 689. The first-order valence-electron chi connectivity index (χ1n) is 6.31. The lowest BCUT2D eigenvalue weighted by Gasteiger charge is -2.17. The number of hydrogen-bond donors (Lipinski definition) is 2. The van der Waals surface area contributed by atoms with Crippen LogP contribution in [0.4, 0.5) is 16.2 Å². The summed E-state index contributed by atoms with van der Waals surface area (Å²) in [6, 6.07) is 14.2. The van der Waals surface area contributed by atoms with E-state index in [1.54, 1.807) is 36.4 Å². The highest BCUT2D eigenvalue weighted by Crippen LogP contribution is 2.33. The minimum atomic E-state index is -0.573. The van der Waals surface area contributed by atoms with Gasteiger partial charge < -0.3 is 10.1 Å². The summed E-state index contributed by atoms with van der Waals surface area (Å²) in [7, 11) is 0. The van der Waals surface area contributed by atoms with Gasteiger partial charge in [0.05, 0.1) is 11.4 Å². The average Bonchev–Trinajstić information content (AvgIpc) is 2.47. The molecule has 1 heterocycles. The molecule has 0 atom stereocenters. The van der Waals surface area contributed by atoms with Gasteiger partial charge in [0.15, 0.2) is 0 Å². The van der Waals surface area contributed by atoms with E-state index in [1.807, 2.05) is 12.1 Å². The van der Waals surface area contributed by atoms with Crippen LogP contribution < -0.4 is 15.4 Å². The Kier molecular flexibility index (Phi) is 3.79. The topological polar surface area (TPSA) is 67.4 Å². The van der Waals surface area contributed by atoms with Crippen LogP contribution in [0.2, 0.25) is 0 Å². The molecular formula is C15H12N2O3S. The van der Waals surface area contributed by atoms with Crippen molar-refractivity contribution in [3.8, 4) is 5.75 Å². The summed E-state index contributed by atoms with van der Waals surface area (Å²) in [5.74, 6) is 0.837. The highest BCUT2D eigenvalue weighted by molar-refractivity contribution is 8.00. The first kappa shape index (κ1) is 13.5. The zero-order chi connectivity index (χ0) is 14.7. The molecule has 2 aromatic rings. The van der Waals surface area contributed by atoms with Crippen LogP contribution in [-0.2, 0) is 4.79 Å². The van der Waals surface area contributed by atoms with Gasteiger partial charge in [0.2, 0.25) is 5.91 Å². The summed E-state index contributed by atoms with van der Waals surface area (Å²) in [5.41, 5.74) is 1.27. The second-order valence-corrected chi connectivity index (χ2v) is 5.39. The Balaban J connectivity index is 1.69. The van der Waals surface area contributed by atoms with Crippen molar-refractivity contribution in [2.75, 3.05) is 16.4 Å². The van der Waals surface area contributed by atoms with E-state index in [2.05, 4.69) is 10.6 Å². The zero-order valence-corrected chi connectivity index (χ0v) is 11.8. The standard InChI is InChI=1S/C15H12N2O3S/c18-14-9-21-13-7-6-10(8-12(13)17-14)16-15(19)20-11-4-2-1-3-5-11/h1-8H,9H2,(H,16,19)(H,17,18). The van der Waals surface area contributed by atoms with Crippen molar-refractivity contribution in [2.45, 2.75) is 4.90 Å². The number of carbonyl (C=O) groups is 2. The van der Waals surface area contributed by atoms with Crippen LogP contribution in [0.1, 0.15) is 0 Å². The molecule has 0 bridgehead atoms. The number of carbonyl (C=O) groups excluding carboxylic acids is 2. The third-order valence-electron chi connectivity index (χ3n) is 2.81. The molecule has 21 heavy (non-hydrogen) atoms. The third-order valence-corrected chi connectivity index (χ3v) is 3.89. The molecule has 0 fully saturated rings. The minimum absolute atomic E-state index is 0.0449. The van der Waals surface area contributed by atoms with E-state index in [1.165, 1.54) is 11.8 Å². The maximum absolute atomic E-state index is 11.8. The van der Waals surface area contributed by atoms with Crippen LogP contribution in [0.25, 0.3) is 0 Å². The number of ether oxygens (including phenoxy) is 1. The van der Waals surface area contributed by atoms with Crippen LogP contribution in [0.15, 0.2) is 53.4 Å². The van der Waals surface area contributed by atoms with Gasteiger partial charge in [-0.25, -0.2) is 4.79 Å². The molecule has 2 aromatic carbocycles. The molecule has 6 heteroatoms. The predicted octanol–water partition coefficient (Wildman–Crippen LogP) is 3.34. The van der Waals surface area contributed by atoms with Gasteiger partial charge in [-0.05, 0) is 30.3 Å². The van der Waals surface area contributed by atoms with E-state index in [4.69, 9.17) is 4.74 Å². The maximum atomic E-state index is 11.8. The molecule has 5 nitrogen and oxygen atoms in total. The molecule has 0 saturated heterocycles. The predicted molar refractivity (Wildman–Crippen MR) is 81.9 cm³/mol. The number of amides is 2. The lowest BCUT2D eigenvalue weighted by molar-refractivity contribution is -0.113. The minimum Gasteiger partial charge on any atom is -0.410 e. The second-order valence-electron chi connectivity index (χ2n) is 4.38. The van der Waals surface area contributed by atoms with Gasteiger partial charge >= 0.3 is 6.09 Å². The summed E-state index contributed by atoms with van der Waals surface area (Å²) in [5, 5.41) is 5.40. The van der Waals surface area contributed by atoms with Crippen molar-refractivity contribution < 1.29 is 14.3 Å². The Morgan fingerprint density at radius 3 is 2.81 bits per heavy atom. The van der Waals surface area contributed by atoms with Crippen molar-refractivity contribution in [3.05, 3.63) is 48.5 Å². The van der Waals surface area contributed by atoms with E-state index in [9.17, 15) is 9.59 Å². The maximum Gasteiger partial charge on any atom is 0.417 e. The van der Waals surface area contributed by atoms with E-state index in [-0.39, 0.29) is 5.91 Å². The second kappa shape index (κ2) is 5.88. The number of nitrogens with one attached hydrogen (secondary N) is 2. The summed E-state index contributed by atoms with van der Waals surface area (Å²) >= 11 is 1.47. The lowest BCUT2D eigenvalue weighted by atomic mass is 10.2. The smallest absolute Gasteiger partial charge is 0.410 e. The van der Waals surface area contributed by atoms with E-state index < -0.39 is 6.09 Å². The summed E-state index contributed by atoms with van der Waals surface area (Å²) in [4.78, 5) is 24.1. The highest BCUT2D eigenvalue weighted by atomic mass is 32.2. The van der Waals surface area contributed by atoms with Gasteiger partial charge in [0.1, 0.15) is 5.75 Å². The molecular weight excluding hydrogens is 288 g/mol. The quantitative estimate of drug-likeness (QED) is 0.892. The van der Waals surface area contributed by atoms with Gasteiger partial charge in [-0.3, -0.25) is 10.1 Å². The number of para-hydroxylation sites is 1. The van der Waals surface area contributed by atoms with Crippen molar-refractivity contribution in [3.63, 3.8) is 0 Å². The molecule has 0 unspecified atom stereocenters. The first-order chi connectivity index (χ1) is 10.2. The fourth-order valence-electron chi connectivity index (χ4n) is 1.90. The number of benzene rings is 2. The Labute approximate surface area is 125 Å². The molecule has 1 aliphatic heterocycles. The van der Waals surface area contributed by atoms with Crippen LogP contribution in [-0.4, -0.2) is 17.8 Å². The van der Waals surface area contributed by atoms with Crippen LogP contribution >= 0.6 is 11.8 Å². The Morgan fingerprint density at radius 2 is 2.00 bits per heavy atom. The molecule has 106 valence electrons. The lowest BCUT2D eigenvalue weighted by Crippen LogP contribution is -2.20. The zero-order valence-electron chi connectivity index (χ0n) is 11.0. The summed E-state index contributed by atoms with van der Waals surface area (Å²) in [6.45, 7) is 0. The van der Waals surface area contributed by atoms with Crippen LogP contribution in [0, 0.1) is 0 Å². The number of thioether (sulfide) groups is 1.